The van der Waals surface area contributed by atoms with Crippen LogP contribution in [0, 0.1) is 0 Å². The summed E-state index contributed by atoms with van der Waals surface area (Å²) in [6.07, 6.45) is 0. The molecule has 1 unspecified atom stereocenters. The van der Waals surface area contributed by atoms with Crippen LogP contribution in [0.25, 0.3) is 10.4 Å². The van der Waals surface area contributed by atoms with Crippen molar-refractivity contribution < 1.29 is 9.59 Å². The number of likely N-dealkylation sites (N-methyl/N-ethyl adjacent to an activating group) is 1. The number of hydrogen-bond donors (Lipinski definition) is 0. The third kappa shape index (κ3) is 2.08. The molecule has 0 fully saturated rings. The number of benzene rings is 1. The lowest BCUT2D eigenvalue weighted by Crippen LogP contribution is -2.50. The van der Waals surface area contributed by atoms with Crippen molar-refractivity contribution >= 4 is 11.8 Å². The second-order valence-corrected chi connectivity index (χ2v) is 4.80. The van der Waals surface area contributed by atoms with E-state index in [1.807, 2.05) is 13.8 Å². The highest BCUT2D eigenvalue weighted by Crippen LogP contribution is 2.30. The van der Waals surface area contributed by atoms with Crippen LogP contribution >= 0.6 is 0 Å². The number of rotatable bonds is 2. The molecule has 1 aliphatic heterocycles. The molecular formula is C13H15N5O2. The van der Waals surface area contributed by atoms with Crippen LogP contribution in [0.3, 0.4) is 0 Å². The molecular weight excluding hydrogens is 258 g/mol. The quantitative estimate of drug-likeness (QED) is 0.470. The number of amides is 2. The third-order valence-electron chi connectivity index (χ3n) is 3.23. The molecule has 1 atom stereocenters. The van der Waals surface area contributed by atoms with Gasteiger partial charge >= 0.3 is 0 Å². The fourth-order valence-corrected chi connectivity index (χ4v) is 2.35. The van der Waals surface area contributed by atoms with Gasteiger partial charge in [-0.1, -0.05) is 23.3 Å². The van der Waals surface area contributed by atoms with Gasteiger partial charge in [-0.2, -0.15) is 0 Å². The Morgan fingerprint density at radius 2 is 1.95 bits per heavy atom. The van der Waals surface area contributed by atoms with Crippen molar-refractivity contribution in [2.45, 2.75) is 25.9 Å². The molecule has 0 aromatic heterocycles. The molecule has 0 radical (unpaired) electrons. The Hall–Kier alpha value is -2.53. The highest BCUT2D eigenvalue weighted by Gasteiger charge is 2.37. The predicted octanol–water partition coefficient (Wildman–Crippen LogP) is 2.28. The number of carbonyl (C=O) groups excluding carboxylic acids is 2. The van der Waals surface area contributed by atoms with Gasteiger partial charge in [0.1, 0.15) is 6.04 Å². The summed E-state index contributed by atoms with van der Waals surface area (Å²) in [4.78, 5) is 27.7. The standard InChI is InChI=1S/C13H15N5O2/c1-8(2)18-12(19)10-7-5-4-6-9(10)11(15-16-14)13(20)17(18)3/h4-8,11H,1-3H3. The largest absolute Gasteiger partial charge is 0.272 e. The number of nitrogens with zero attached hydrogens (tertiary/aromatic N) is 5. The Bertz CT molecular complexity index is 607. The Balaban J connectivity index is 2.68. The van der Waals surface area contributed by atoms with Crippen molar-refractivity contribution in [3.05, 3.63) is 45.8 Å². The van der Waals surface area contributed by atoms with E-state index in [1.54, 1.807) is 24.3 Å². The highest BCUT2D eigenvalue weighted by atomic mass is 16.2. The molecule has 20 heavy (non-hydrogen) atoms. The molecule has 2 rings (SSSR count). The summed E-state index contributed by atoms with van der Waals surface area (Å²) in [5.41, 5.74) is 9.50. The van der Waals surface area contributed by atoms with E-state index in [0.717, 1.165) is 0 Å². The zero-order valence-electron chi connectivity index (χ0n) is 11.5. The molecule has 0 N–H and O–H groups in total. The third-order valence-corrected chi connectivity index (χ3v) is 3.23. The van der Waals surface area contributed by atoms with E-state index in [1.165, 1.54) is 17.1 Å². The first-order valence-electron chi connectivity index (χ1n) is 6.23. The average molecular weight is 273 g/mol. The summed E-state index contributed by atoms with van der Waals surface area (Å²) in [6, 6.07) is 5.51. The van der Waals surface area contributed by atoms with Gasteiger partial charge in [-0.25, -0.2) is 5.01 Å². The van der Waals surface area contributed by atoms with Crippen LogP contribution in [0.4, 0.5) is 0 Å². The normalized spacial score (nSPS) is 18.7. The minimum atomic E-state index is -1.02. The summed E-state index contributed by atoms with van der Waals surface area (Å²) in [6.45, 7) is 3.64. The van der Waals surface area contributed by atoms with Crippen LogP contribution in [0.1, 0.15) is 35.8 Å². The van der Waals surface area contributed by atoms with E-state index < -0.39 is 11.9 Å². The summed E-state index contributed by atoms with van der Waals surface area (Å²) in [5.74, 6) is -0.697. The van der Waals surface area contributed by atoms with Gasteiger partial charge in [-0.3, -0.25) is 14.6 Å². The zero-order chi connectivity index (χ0) is 14.9. The number of azide groups is 1. The van der Waals surface area contributed by atoms with E-state index >= 15 is 0 Å². The summed E-state index contributed by atoms with van der Waals surface area (Å²) >= 11 is 0. The molecule has 0 saturated carbocycles. The first-order chi connectivity index (χ1) is 9.49. The second kappa shape index (κ2) is 5.22. The topological polar surface area (TPSA) is 89.4 Å². The molecule has 0 spiro atoms. The van der Waals surface area contributed by atoms with Crippen LogP contribution in [0.15, 0.2) is 29.4 Å². The Morgan fingerprint density at radius 1 is 1.30 bits per heavy atom. The molecule has 104 valence electrons. The summed E-state index contributed by atoms with van der Waals surface area (Å²) in [5, 5.41) is 6.15. The number of carbonyl (C=O) groups is 2. The number of hydrazine groups is 1. The Kier molecular flexibility index (Phi) is 3.63. The second-order valence-electron chi connectivity index (χ2n) is 4.80. The van der Waals surface area contributed by atoms with Gasteiger partial charge in [0.2, 0.25) is 0 Å². The maximum absolute atomic E-state index is 12.6. The first-order valence-corrected chi connectivity index (χ1v) is 6.23. The lowest BCUT2D eigenvalue weighted by atomic mass is 10.0. The molecule has 0 bridgehead atoms. The Morgan fingerprint density at radius 3 is 2.55 bits per heavy atom. The van der Waals surface area contributed by atoms with Gasteiger partial charge in [0, 0.05) is 23.6 Å². The minimum absolute atomic E-state index is 0.186. The lowest BCUT2D eigenvalue weighted by molar-refractivity contribution is -0.144. The van der Waals surface area contributed by atoms with Crippen molar-refractivity contribution in [3.8, 4) is 0 Å². The monoisotopic (exact) mass is 273 g/mol. The summed E-state index contributed by atoms with van der Waals surface area (Å²) < 4.78 is 0. The van der Waals surface area contributed by atoms with Crippen LogP contribution in [0.2, 0.25) is 0 Å². The van der Waals surface area contributed by atoms with Gasteiger partial charge in [-0.15, -0.1) is 0 Å². The van der Waals surface area contributed by atoms with Crippen LogP contribution in [0.5, 0.6) is 0 Å². The summed E-state index contributed by atoms with van der Waals surface area (Å²) in [7, 11) is 1.51. The van der Waals surface area contributed by atoms with Crippen molar-refractivity contribution in [2.75, 3.05) is 7.05 Å². The molecule has 1 aromatic carbocycles. The molecule has 1 aliphatic rings. The fourth-order valence-electron chi connectivity index (χ4n) is 2.35. The van der Waals surface area contributed by atoms with E-state index in [-0.39, 0.29) is 11.9 Å². The van der Waals surface area contributed by atoms with Crippen LogP contribution in [-0.2, 0) is 4.79 Å². The van der Waals surface area contributed by atoms with E-state index in [0.29, 0.717) is 11.1 Å². The van der Waals surface area contributed by atoms with Gasteiger partial charge in [0.25, 0.3) is 11.8 Å². The maximum Gasteiger partial charge on any atom is 0.272 e. The van der Waals surface area contributed by atoms with Gasteiger partial charge in [0.05, 0.1) is 0 Å². The fraction of sp³-hybridized carbons (Fsp3) is 0.385. The van der Waals surface area contributed by atoms with Crippen molar-refractivity contribution in [2.24, 2.45) is 5.11 Å². The zero-order valence-corrected chi connectivity index (χ0v) is 11.5. The molecule has 1 aromatic rings. The van der Waals surface area contributed by atoms with E-state index in [2.05, 4.69) is 10.0 Å². The van der Waals surface area contributed by atoms with Crippen molar-refractivity contribution in [3.63, 3.8) is 0 Å². The highest BCUT2D eigenvalue weighted by molar-refractivity contribution is 6.01. The molecule has 1 heterocycles. The molecule has 0 aliphatic carbocycles. The number of hydrogen-bond acceptors (Lipinski definition) is 3. The van der Waals surface area contributed by atoms with Crippen molar-refractivity contribution in [1.29, 1.82) is 0 Å². The van der Waals surface area contributed by atoms with Crippen LogP contribution in [-0.4, -0.2) is 34.9 Å². The van der Waals surface area contributed by atoms with Gasteiger partial charge in [0.15, 0.2) is 0 Å². The number of fused-ring (bicyclic) bond motifs is 1. The van der Waals surface area contributed by atoms with E-state index in [9.17, 15) is 9.59 Å². The SMILES string of the molecule is CC(C)N1C(=O)c2ccccc2C(N=[N+]=[N-])C(=O)N1C. The average Bonchev–Trinajstić information content (AvgIpc) is 2.50. The Labute approximate surface area is 116 Å². The van der Waals surface area contributed by atoms with E-state index in [4.69, 9.17) is 5.53 Å². The smallest absolute Gasteiger partial charge is 0.272 e. The van der Waals surface area contributed by atoms with Crippen molar-refractivity contribution in [1.82, 2.24) is 10.0 Å². The lowest BCUT2D eigenvalue weighted by Gasteiger charge is -2.33. The predicted molar refractivity (Wildman–Crippen MR) is 72.4 cm³/mol. The van der Waals surface area contributed by atoms with Gasteiger partial charge < -0.3 is 0 Å². The van der Waals surface area contributed by atoms with Gasteiger partial charge in [-0.05, 0) is 31.0 Å². The molecule has 2 amide bonds. The maximum atomic E-state index is 12.6. The minimum Gasteiger partial charge on any atom is -0.272 e. The molecule has 7 nitrogen and oxygen atoms in total. The van der Waals surface area contributed by atoms with Crippen LogP contribution < -0.4 is 0 Å². The first kappa shape index (κ1) is 13.9. The molecule has 7 heteroatoms. The molecule has 0 saturated heterocycles.